The van der Waals surface area contributed by atoms with Gasteiger partial charge in [-0.1, -0.05) is 23.9 Å². The molecule has 1 aromatic carbocycles. The summed E-state index contributed by atoms with van der Waals surface area (Å²) in [5.74, 6) is -2.36. The number of hydrogen-bond acceptors (Lipinski definition) is 2. The van der Waals surface area contributed by atoms with Crippen LogP contribution in [-0.4, -0.2) is 5.76 Å². The van der Waals surface area contributed by atoms with Crippen LogP contribution in [0.25, 0.3) is 0 Å². The summed E-state index contributed by atoms with van der Waals surface area (Å²) in [6, 6.07) is 6.82. The van der Waals surface area contributed by atoms with Crippen molar-refractivity contribution in [2.24, 2.45) is 5.73 Å². The molecule has 0 saturated carbocycles. The zero-order chi connectivity index (χ0) is 9.84. The van der Waals surface area contributed by atoms with E-state index in [9.17, 15) is 8.78 Å². The average molecular weight is 203 g/mol. The Labute approximate surface area is 80.3 Å². The van der Waals surface area contributed by atoms with Gasteiger partial charge in [-0.15, -0.1) is 0 Å². The molecule has 0 spiro atoms. The first kappa shape index (κ1) is 10.5. The molecule has 2 N–H and O–H groups in total. The molecule has 1 unspecified atom stereocenters. The van der Waals surface area contributed by atoms with Crippen molar-refractivity contribution in [3.05, 3.63) is 29.8 Å². The van der Waals surface area contributed by atoms with Gasteiger partial charge in [0.25, 0.3) is 5.76 Å². The van der Waals surface area contributed by atoms with E-state index in [1.54, 1.807) is 24.3 Å². The molecule has 0 aliphatic carbocycles. The van der Waals surface area contributed by atoms with Crippen LogP contribution < -0.4 is 5.73 Å². The smallest absolute Gasteiger partial charge is 0.288 e. The molecule has 1 aromatic rings. The third-order valence-corrected chi connectivity index (χ3v) is 2.35. The van der Waals surface area contributed by atoms with Crippen LogP contribution in [0.2, 0.25) is 0 Å². The summed E-state index contributed by atoms with van der Waals surface area (Å²) < 4.78 is 23.8. The Morgan fingerprint density at radius 2 is 1.77 bits per heavy atom. The summed E-state index contributed by atoms with van der Waals surface area (Å²) >= 11 is 0.545. The second-order valence-corrected chi connectivity index (χ2v) is 3.80. The van der Waals surface area contributed by atoms with Gasteiger partial charge in [0.15, 0.2) is 0 Å². The summed E-state index contributed by atoms with van der Waals surface area (Å²) in [5.41, 5.74) is 6.57. The molecule has 72 valence electrons. The van der Waals surface area contributed by atoms with Crippen molar-refractivity contribution in [1.82, 2.24) is 0 Å². The Morgan fingerprint density at radius 3 is 2.15 bits per heavy atom. The van der Waals surface area contributed by atoms with Gasteiger partial charge < -0.3 is 5.73 Å². The zero-order valence-corrected chi connectivity index (χ0v) is 8.02. The molecule has 0 amide bonds. The number of hydrogen-bond donors (Lipinski definition) is 1. The van der Waals surface area contributed by atoms with Crippen LogP contribution in [0.15, 0.2) is 29.2 Å². The first-order valence-corrected chi connectivity index (χ1v) is 4.78. The van der Waals surface area contributed by atoms with Crippen molar-refractivity contribution in [2.75, 3.05) is 0 Å². The van der Waals surface area contributed by atoms with Crippen molar-refractivity contribution in [1.29, 1.82) is 0 Å². The lowest BCUT2D eigenvalue weighted by Gasteiger charge is -2.06. The summed E-state index contributed by atoms with van der Waals surface area (Å²) in [6.07, 6.45) is 0. The molecular weight excluding hydrogens is 192 g/mol. The third kappa shape index (κ3) is 3.32. The van der Waals surface area contributed by atoms with E-state index in [1.165, 1.54) is 0 Å². The Kier molecular flexibility index (Phi) is 3.69. The molecule has 0 aliphatic rings. The minimum absolute atomic E-state index is 0.0504. The molecule has 0 fully saturated rings. The monoisotopic (exact) mass is 203 g/mol. The van der Waals surface area contributed by atoms with Crippen LogP contribution in [0.5, 0.6) is 0 Å². The van der Waals surface area contributed by atoms with E-state index in [2.05, 4.69) is 0 Å². The molecule has 0 saturated heterocycles. The fourth-order valence-corrected chi connectivity index (χ4v) is 1.45. The molecule has 0 aliphatic heterocycles. The SMILES string of the molecule is CC(N)c1ccc(SC(F)F)cc1. The quantitative estimate of drug-likeness (QED) is 0.764. The van der Waals surface area contributed by atoms with E-state index in [0.717, 1.165) is 5.56 Å². The lowest BCUT2D eigenvalue weighted by atomic mass is 10.1. The highest BCUT2D eigenvalue weighted by Gasteiger charge is 2.05. The first-order valence-electron chi connectivity index (χ1n) is 3.90. The molecular formula is C9H11F2NS. The molecule has 0 radical (unpaired) electrons. The molecule has 1 nitrogen and oxygen atoms in total. The van der Waals surface area contributed by atoms with Crippen LogP contribution in [0.1, 0.15) is 18.5 Å². The van der Waals surface area contributed by atoms with Gasteiger partial charge in [-0.2, -0.15) is 8.78 Å². The topological polar surface area (TPSA) is 26.0 Å². The van der Waals surface area contributed by atoms with Gasteiger partial charge in [0.05, 0.1) is 0 Å². The maximum Gasteiger partial charge on any atom is 0.288 e. The Bertz CT molecular complexity index is 259. The minimum atomic E-state index is -2.36. The van der Waals surface area contributed by atoms with Gasteiger partial charge in [-0.05, 0) is 24.6 Å². The van der Waals surface area contributed by atoms with Gasteiger partial charge >= 0.3 is 0 Å². The van der Waals surface area contributed by atoms with E-state index in [0.29, 0.717) is 16.7 Å². The maximum absolute atomic E-state index is 11.9. The molecule has 4 heteroatoms. The van der Waals surface area contributed by atoms with Gasteiger partial charge in [0.1, 0.15) is 0 Å². The second kappa shape index (κ2) is 4.58. The lowest BCUT2D eigenvalue weighted by molar-refractivity contribution is 0.252. The Hall–Kier alpha value is -0.610. The van der Waals surface area contributed by atoms with Crippen molar-refractivity contribution < 1.29 is 8.78 Å². The third-order valence-electron chi connectivity index (χ3n) is 1.63. The number of halogens is 2. The van der Waals surface area contributed by atoms with Crippen LogP contribution in [-0.2, 0) is 0 Å². The highest BCUT2D eigenvalue weighted by molar-refractivity contribution is 7.99. The van der Waals surface area contributed by atoms with Crippen molar-refractivity contribution >= 4 is 11.8 Å². The number of nitrogens with two attached hydrogens (primary N) is 1. The number of alkyl halides is 2. The van der Waals surface area contributed by atoms with Crippen molar-refractivity contribution in [2.45, 2.75) is 23.6 Å². The molecule has 1 atom stereocenters. The number of thioether (sulfide) groups is 1. The van der Waals surface area contributed by atoms with Crippen LogP contribution >= 0.6 is 11.8 Å². The Morgan fingerprint density at radius 1 is 1.23 bits per heavy atom. The molecule has 0 bridgehead atoms. The van der Waals surface area contributed by atoms with Gasteiger partial charge in [0.2, 0.25) is 0 Å². The predicted molar refractivity (Wildman–Crippen MR) is 50.9 cm³/mol. The predicted octanol–water partition coefficient (Wildman–Crippen LogP) is 3.02. The van der Waals surface area contributed by atoms with Crippen LogP contribution in [0.3, 0.4) is 0 Å². The standard InChI is InChI=1S/C9H11F2NS/c1-6(12)7-2-4-8(5-3-7)13-9(10)11/h2-6,9H,12H2,1H3. The van der Waals surface area contributed by atoms with Gasteiger partial charge in [-0.3, -0.25) is 0 Å². The fourth-order valence-electron chi connectivity index (χ4n) is 0.953. The van der Waals surface area contributed by atoms with E-state index >= 15 is 0 Å². The first-order chi connectivity index (χ1) is 6.09. The molecule has 0 heterocycles. The molecule has 13 heavy (non-hydrogen) atoms. The second-order valence-electron chi connectivity index (χ2n) is 2.74. The van der Waals surface area contributed by atoms with E-state index in [4.69, 9.17) is 5.73 Å². The number of benzene rings is 1. The van der Waals surface area contributed by atoms with E-state index in [-0.39, 0.29) is 6.04 Å². The number of rotatable bonds is 3. The van der Waals surface area contributed by atoms with Crippen molar-refractivity contribution in [3.8, 4) is 0 Å². The van der Waals surface area contributed by atoms with E-state index in [1.807, 2.05) is 6.92 Å². The van der Waals surface area contributed by atoms with Crippen molar-refractivity contribution in [3.63, 3.8) is 0 Å². The van der Waals surface area contributed by atoms with E-state index < -0.39 is 5.76 Å². The Balaban J connectivity index is 2.70. The van der Waals surface area contributed by atoms with Gasteiger partial charge in [-0.25, -0.2) is 0 Å². The fraction of sp³-hybridized carbons (Fsp3) is 0.333. The van der Waals surface area contributed by atoms with Crippen LogP contribution in [0.4, 0.5) is 8.78 Å². The lowest BCUT2D eigenvalue weighted by Crippen LogP contribution is -2.04. The normalized spacial score (nSPS) is 13.3. The maximum atomic E-state index is 11.9. The van der Waals surface area contributed by atoms with Gasteiger partial charge in [0, 0.05) is 10.9 Å². The molecule has 1 rings (SSSR count). The minimum Gasteiger partial charge on any atom is -0.324 e. The molecule has 0 aromatic heterocycles. The highest BCUT2D eigenvalue weighted by Crippen LogP contribution is 2.25. The summed E-state index contributed by atoms with van der Waals surface area (Å²) in [7, 11) is 0. The average Bonchev–Trinajstić information content (AvgIpc) is 2.04. The summed E-state index contributed by atoms with van der Waals surface area (Å²) in [4.78, 5) is 0.569. The largest absolute Gasteiger partial charge is 0.324 e. The zero-order valence-electron chi connectivity index (χ0n) is 7.21. The van der Waals surface area contributed by atoms with Crippen LogP contribution in [0, 0.1) is 0 Å². The summed E-state index contributed by atoms with van der Waals surface area (Å²) in [5, 5.41) is 0. The highest BCUT2D eigenvalue weighted by atomic mass is 32.2. The summed E-state index contributed by atoms with van der Waals surface area (Å²) in [6.45, 7) is 1.86.